The van der Waals surface area contributed by atoms with E-state index < -0.39 is 5.97 Å². The third kappa shape index (κ3) is 3.42. The molecule has 6 nitrogen and oxygen atoms in total. The van der Waals surface area contributed by atoms with E-state index in [1.807, 2.05) is 18.2 Å². The Morgan fingerprint density at radius 1 is 1.43 bits per heavy atom. The molecule has 0 fully saturated rings. The Balaban J connectivity index is 2.18. The van der Waals surface area contributed by atoms with Crippen LogP contribution >= 0.6 is 0 Å². The summed E-state index contributed by atoms with van der Waals surface area (Å²) in [6, 6.07) is 7.02. The first-order valence-electron chi connectivity index (χ1n) is 6.37. The minimum Gasteiger partial charge on any atom is -0.481 e. The van der Waals surface area contributed by atoms with Crippen molar-refractivity contribution in [3.05, 3.63) is 47.2 Å². The number of nitrogens with two attached hydrogens (primary N) is 1. The predicted octanol–water partition coefficient (Wildman–Crippen LogP) is 2.29. The SMILES string of the molecule is COc1cc(CNc2cc(C)c(N)c(C(=O)O)c2)ccn1. The Morgan fingerprint density at radius 2 is 2.19 bits per heavy atom. The van der Waals surface area contributed by atoms with Gasteiger partial charge >= 0.3 is 5.97 Å². The number of rotatable bonds is 5. The highest BCUT2D eigenvalue weighted by atomic mass is 16.5. The minimum atomic E-state index is -1.04. The molecule has 2 rings (SSSR count). The van der Waals surface area contributed by atoms with Gasteiger partial charge in [0, 0.05) is 30.2 Å². The molecule has 0 aliphatic carbocycles. The topological polar surface area (TPSA) is 97.5 Å². The number of carboxylic acids is 1. The Bertz CT molecular complexity index is 671. The number of carbonyl (C=O) groups is 1. The smallest absolute Gasteiger partial charge is 0.337 e. The van der Waals surface area contributed by atoms with E-state index in [1.54, 1.807) is 20.2 Å². The molecule has 0 aliphatic rings. The number of methoxy groups -OCH3 is 1. The van der Waals surface area contributed by atoms with Crippen molar-refractivity contribution in [2.24, 2.45) is 0 Å². The first-order valence-corrected chi connectivity index (χ1v) is 6.37. The number of anilines is 2. The number of aromatic carboxylic acids is 1. The van der Waals surface area contributed by atoms with Crippen LogP contribution in [0.15, 0.2) is 30.5 Å². The summed E-state index contributed by atoms with van der Waals surface area (Å²) >= 11 is 0. The molecule has 0 aliphatic heterocycles. The van der Waals surface area contributed by atoms with Gasteiger partial charge in [0.2, 0.25) is 5.88 Å². The van der Waals surface area contributed by atoms with Crippen molar-refractivity contribution in [1.29, 1.82) is 0 Å². The van der Waals surface area contributed by atoms with Crippen LogP contribution in [0.3, 0.4) is 0 Å². The van der Waals surface area contributed by atoms with Gasteiger partial charge in [-0.3, -0.25) is 0 Å². The standard InChI is InChI=1S/C15H17N3O3/c1-9-5-11(7-12(14(9)16)15(19)20)18-8-10-3-4-17-13(6-10)21-2/h3-7,18H,8,16H2,1-2H3,(H,19,20). The molecule has 2 aromatic rings. The van der Waals surface area contributed by atoms with E-state index in [0.717, 1.165) is 11.1 Å². The fourth-order valence-electron chi connectivity index (χ4n) is 1.95. The fraction of sp³-hybridized carbons (Fsp3) is 0.200. The summed E-state index contributed by atoms with van der Waals surface area (Å²) in [4.78, 5) is 15.2. The zero-order valence-corrected chi connectivity index (χ0v) is 11.9. The van der Waals surface area contributed by atoms with Gasteiger partial charge in [-0.1, -0.05) is 0 Å². The lowest BCUT2D eigenvalue weighted by Crippen LogP contribution is -2.07. The maximum absolute atomic E-state index is 11.2. The van der Waals surface area contributed by atoms with Crippen molar-refractivity contribution in [2.45, 2.75) is 13.5 Å². The van der Waals surface area contributed by atoms with Crippen molar-refractivity contribution in [1.82, 2.24) is 4.98 Å². The summed E-state index contributed by atoms with van der Waals surface area (Å²) in [7, 11) is 1.56. The minimum absolute atomic E-state index is 0.102. The molecule has 6 heteroatoms. The second-order valence-corrected chi connectivity index (χ2v) is 4.62. The Hall–Kier alpha value is -2.76. The first-order chi connectivity index (χ1) is 10.0. The number of aryl methyl sites for hydroxylation is 1. The molecule has 1 heterocycles. The molecule has 110 valence electrons. The highest BCUT2D eigenvalue weighted by Crippen LogP contribution is 2.23. The molecule has 0 saturated carbocycles. The molecule has 0 spiro atoms. The number of pyridine rings is 1. The van der Waals surface area contributed by atoms with E-state index in [1.165, 1.54) is 6.07 Å². The highest BCUT2D eigenvalue weighted by Gasteiger charge is 2.11. The van der Waals surface area contributed by atoms with Gasteiger partial charge in [-0.2, -0.15) is 0 Å². The summed E-state index contributed by atoms with van der Waals surface area (Å²) in [5.41, 5.74) is 8.57. The summed E-state index contributed by atoms with van der Waals surface area (Å²) in [6.45, 7) is 2.31. The number of nitrogens with one attached hydrogen (secondary N) is 1. The van der Waals surface area contributed by atoms with Crippen LogP contribution in [0.25, 0.3) is 0 Å². The predicted molar refractivity (Wildman–Crippen MR) is 80.7 cm³/mol. The van der Waals surface area contributed by atoms with Crippen molar-refractivity contribution in [3.8, 4) is 5.88 Å². The number of hydrogen-bond donors (Lipinski definition) is 3. The van der Waals surface area contributed by atoms with E-state index in [0.29, 0.717) is 23.8 Å². The van der Waals surface area contributed by atoms with Gasteiger partial charge in [-0.05, 0) is 36.2 Å². The zero-order valence-electron chi connectivity index (χ0n) is 11.9. The zero-order chi connectivity index (χ0) is 15.4. The summed E-state index contributed by atoms with van der Waals surface area (Å²) < 4.78 is 5.06. The van der Waals surface area contributed by atoms with Crippen LogP contribution in [-0.2, 0) is 6.54 Å². The largest absolute Gasteiger partial charge is 0.481 e. The molecule has 4 N–H and O–H groups in total. The van der Waals surface area contributed by atoms with Crippen molar-refractivity contribution in [2.75, 3.05) is 18.2 Å². The van der Waals surface area contributed by atoms with Crippen molar-refractivity contribution >= 4 is 17.3 Å². The van der Waals surface area contributed by atoms with Gasteiger partial charge in [-0.25, -0.2) is 9.78 Å². The first kappa shape index (κ1) is 14.6. The van der Waals surface area contributed by atoms with Crippen LogP contribution < -0.4 is 15.8 Å². The van der Waals surface area contributed by atoms with Gasteiger partial charge in [-0.15, -0.1) is 0 Å². The average molecular weight is 287 g/mol. The molecule has 0 radical (unpaired) electrons. The molecule has 1 aromatic heterocycles. The molecule has 21 heavy (non-hydrogen) atoms. The van der Waals surface area contributed by atoms with E-state index in [9.17, 15) is 4.79 Å². The quantitative estimate of drug-likeness (QED) is 0.730. The van der Waals surface area contributed by atoms with Gasteiger partial charge in [0.05, 0.1) is 12.7 Å². The Morgan fingerprint density at radius 3 is 2.86 bits per heavy atom. The number of carboxylic acid groups (broad SMARTS) is 1. The number of ether oxygens (including phenoxy) is 1. The lowest BCUT2D eigenvalue weighted by molar-refractivity contribution is 0.0698. The second-order valence-electron chi connectivity index (χ2n) is 4.62. The van der Waals surface area contributed by atoms with Crippen LogP contribution in [0, 0.1) is 6.92 Å². The molecule has 0 amide bonds. The third-order valence-corrected chi connectivity index (χ3v) is 3.12. The second kappa shape index (κ2) is 6.13. The summed E-state index contributed by atoms with van der Waals surface area (Å²) in [5.74, 6) is -0.501. The fourth-order valence-corrected chi connectivity index (χ4v) is 1.95. The van der Waals surface area contributed by atoms with E-state index in [4.69, 9.17) is 15.6 Å². The summed E-state index contributed by atoms with van der Waals surface area (Å²) in [6.07, 6.45) is 1.66. The molecule has 0 saturated heterocycles. The number of nitrogen functional groups attached to an aromatic ring is 1. The Labute approximate surface area is 122 Å². The van der Waals surface area contributed by atoms with E-state index in [2.05, 4.69) is 10.3 Å². The molecule has 0 atom stereocenters. The van der Waals surface area contributed by atoms with Gasteiger partial charge < -0.3 is 20.9 Å². The number of hydrogen-bond acceptors (Lipinski definition) is 5. The van der Waals surface area contributed by atoms with Crippen LogP contribution in [0.5, 0.6) is 5.88 Å². The third-order valence-electron chi connectivity index (χ3n) is 3.12. The molecule has 0 bridgehead atoms. The van der Waals surface area contributed by atoms with Crippen molar-refractivity contribution in [3.63, 3.8) is 0 Å². The van der Waals surface area contributed by atoms with Crippen LogP contribution in [0.2, 0.25) is 0 Å². The molecule has 1 aromatic carbocycles. The van der Waals surface area contributed by atoms with Crippen molar-refractivity contribution < 1.29 is 14.6 Å². The van der Waals surface area contributed by atoms with Gasteiger partial charge in [0.25, 0.3) is 0 Å². The van der Waals surface area contributed by atoms with E-state index in [-0.39, 0.29) is 5.56 Å². The maximum atomic E-state index is 11.2. The molecule has 0 unspecified atom stereocenters. The monoisotopic (exact) mass is 287 g/mol. The van der Waals surface area contributed by atoms with Crippen LogP contribution in [0.4, 0.5) is 11.4 Å². The number of nitrogens with zero attached hydrogens (tertiary/aromatic N) is 1. The van der Waals surface area contributed by atoms with Crippen LogP contribution in [-0.4, -0.2) is 23.2 Å². The van der Waals surface area contributed by atoms with Crippen LogP contribution in [0.1, 0.15) is 21.5 Å². The lowest BCUT2D eigenvalue weighted by atomic mass is 10.1. The highest BCUT2D eigenvalue weighted by molar-refractivity contribution is 5.95. The molecular weight excluding hydrogens is 270 g/mol. The normalized spacial score (nSPS) is 10.2. The Kier molecular flexibility index (Phi) is 4.27. The lowest BCUT2D eigenvalue weighted by Gasteiger charge is -2.11. The average Bonchev–Trinajstić information content (AvgIpc) is 2.48. The van der Waals surface area contributed by atoms with E-state index >= 15 is 0 Å². The van der Waals surface area contributed by atoms with Gasteiger partial charge in [0.15, 0.2) is 0 Å². The number of aromatic nitrogens is 1. The van der Waals surface area contributed by atoms with Gasteiger partial charge in [0.1, 0.15) is 0 Å². The summed E-state index contributed by atoms with van der Waals surface area (Å²) in [5, 5.41) is 12.3. The maximum Gasteiger partial charge on any atom is 0.337 e. The molecular formula is C15H17N3O3. The number of benzene rings is 1.